The molecule has 6 heteroatoms. The highest BCUT2D eigenvalue weighted by atomic mass is 16.5. The van der Waals surface area contributed by atoms with Crippen LogP contribution < -0.4 is 4.74 Å². The molecule has 0 N–H and O–H groups in total. The summed E-state index contributed by atoms with van der Waals surface area (Å²) in [4.78, 5) is 22.1. The number of carbonyl (C=O) groups is 1. The average Bonchev–Trinajstić information content (AvgIpc) is 3.02. The van der Waals surface area contributed by atoms with Gasteiger partial charge in [0.05, 0.1) is 18.5 Å². The molecule has 0 bridgehead atoms. The molecule has 0 atom stereocenters. The van der Waals surface area contributed by atoms with Gasteiger partial charge >= 0.3 is 0 Å². The Labute approximate surface area is 171 Å². The molecule has 1 aromatic carbocycles. The largest absolute Gasteiger partial charge is 0.496 e. The predicted molar refractivity (Wildman–Crippen MR) is 114 cm³/mol. The van der Waals surface area contributed by atoms with Gasteiger partial charge in [0.25, 0.3) is 5.91 Å². The summed E-state index contributed by atoms with van der Waals surface area (Å²) in [5.41, 5.74) is 6.14. The summed E-state index contributed by atoms with van der Waals surface area (Å²) in [6, 6.07) is 9.89. The first-order valence-electron chi connectivity index (χ1n) is 10.1. The van der Waals surface area contributed by atoms with E-state index in [4.69, 9.17) is 9.72 Å². The molecule has 2 aromatic heterocycles. The molecule has 3 aromatic rings. The molecule has 152 valence electrons. The second kappa shape index (κ2) is 7.87. The number of rotatable bonds is 4. The number of ether oxygens (including phenoxy) is 1. The number of hydrogen-bond acceptors (Lipinski definition) is 4. The first-order chi connectivity index (χ1) is 14.0. The van der Waals surface area contributed by atoms with Crippen LogP contribution in [0.4, 0.5) is 0 Å². The third kappa shape index (κ3) is 3.72. The number of carbonyl (C=O) groups excluding carboxylic acids is 1. The molecule has 6 nitrogen and oxygen atoms in total. The maximum Gasteiger partial charge on any atom is 0.254 e. The van der Waals surface area contributed by atoms with Crippen LogP contribution in [0.2, 0.25) is 0 Å². The Morgan fingerprint density at radius 3 is 2.59 bits per heavy atom. The van der Waals surface area contributed by atoms with Gasteiger partial charge in [-0.3, -0.25) is 9.69 Å². The molecule has 1 aliphatic heterocycles. The van der Waals surface area contributed by atoms with Crippen LogP contribution in [-0.2, 0) is 6.54 Å². The van der Waals surface area contributed by atoms with Crippen molar-refractivity contribution < 1.29 is 9.53 Å². The molecule has 4 rings (SSSR count). The Balaban J connectivity index is 1.44. The van der Waals surface area contributed by atoms with Crippen molar-refractivity contribution in [3.8, 4) is 5.75 Å². The number of pyridine rings is 1. The first kappa shape index (κ1) is 19.5. The fourth-order valence-corrected chi connectivity index (χ4v) is 4.06. The molecule has 0 radical (unpaired) electrons. The van der Waals surface area contributed by atoms with Gasteiger partial charge < -0.3 is 14.0 Å². The van der Waals surface area contributed by atoms with Crippen LogP contribution in [0.15, 0.2) is 36.5 Å². The molecular formula is C23H28N4O2. The number of piperazine rings is 1. The third-order valence-corrected chi connectivity index (χ3v) is 5.85. The fourth-order valence-electron chi connectivity index (χ4n) is 4.06. The summed E-state index contributed by atoms with van der Waals surface area (Å²) in [6.07, 6.45) is 2.10. The van der Waals surface area contributed by atoms with E-state index in [1.54, 1.807) is 7.11 Å². The van der Waals surface area contributed by atoms with E-state index >= 15 is 0 Å². The van der Waals surface area contributed by atoms with Gasteiger partial charge in [-0.1, -0.05) is 6.07 Å². The van der Waals surface area contributed by atoms with Gasteiger partial charge in [-0.05, 0) is 50.6 Å². The van der Waals surface area contributed by atoms with E-state index < -0.39 is 0 Å². The average molecular weight is 393 g/mol. The molecule has 1 amide bonds. The van der Waals surface area contributed by atoms with E-state index in [9.17, 15) is 4.79 Å². The van der Waals surface area contributed by atoms with E-state index in [-0.39, 0.29) is 5.91 Å². The van der Waals surface area contributed by atoms with E-state index in [0.717, 1.165) is 60.9 Å². The number of aromatic nitrogens is 2. The second-order valence-corrected chi connectivity index (χ2v) is 7.78. The molecule has 29 heavy (non-hydrogen) atoms. The quantitative estimate of drug-likeness (QED) is 0.684. The smallest absolute Gasteiger partial charge is 0.254 e. The molecule has 3 heterocycles. The van der Waals surface area contributed by atoms with Crippen molar-refractivity contribution in [1.82, 2.24) is 19.2 Å². The maximum absolute atomic E-state index is 13.0. The SMILES string of the molecule is COc1cccc(C(=O)N2CCN(Cc3c(C)nc4cc(C)ccn34)CC2)c1C. The van der Waals surface area contributed by atoms with E-state index in [1.165, 1.54) is 11.3 Å². The van der Waals surface area contributed by atoms with Crippen molar-refractivity contribution in [3.63, 3.8) is 0 Å². The van der Waals surface area contributed by atoms with Crippen LogP contribution in [0.1, 0.15) is 32.9 Å². The van der Waals surface area contributed by atoms with Gasteiger partial charge in [-0.25, -0.2) is 4.98 Å². The third-order valence-electron chi connectivity index (χ3n) is 5.85. The second-order valence-electron chi connectivity index (χ2n) is 7.78. The Hall–Kier alpha value is -2.86. The van der Waals surface area contributed by atoms with Gasteiger partial charge in [0.15, 0.2) is 0 Å². The number of aryl methyl sites for hydroxylation is 2. The highest BCUT2D eigenvalue weighted by Crippen LogP contribution is 2.23. The predicted octanol–water partition coefficient (Wildman–Crippen LogP) is 3.23. The summed E-state index contributed by atoms with van der Waals surface area (Å²) < 4.78 is 7.55. The van der Waals surface area contributed by atoms with Crippen molar-refractivity contribution in [1.29, 1.82) is 0 Å². The van der Waals surface area contributed by atoms with E-state index in [0.29, 0.717) is 0 Å². The zero-order chi connectivity index (χ0) is 20.5. The normalized spacial score (nSPS) is 15.1. The number of methoxy groups -OCH3 is 1. The molecule has 0 aliphatic carbocycles. The van der Waals surface area contributed by atoms with Crippen LogP contribution in [0.3, 0.4) is 0 Å². The topological polar surface area (TPSA) is 50.1 Å². The van der Waals surface area contributed by atoms with Crippen molar-refractivity contribution in [2.75, 3.05) is 33.3 Å². The minimum Gasteiger partial charge on any atom is -0.496 e. The van der Waals surface area contributed by atoms with Gasteiger partial charge in [-0.2, -0.15) is 0 Å². The van der Waals surface area contributed by atoms with Crippen LogP contribution >= 0.6 is 0 Å². The van der Waals surface area contributed by atoms with Crippen LogP contribution in [0, 0.1) is 20.8 Å². The van der Waals surface area contributed by atoms with Crippen molar-refractivity contribution in [2.45, 2.75) is 27.3 Å². The Morgan fingerprint density at radius 1 is 1.10 bits per heavy atom. The minimum atomic E-state index is 0.0857. The first-order valence-corrected chi connectivity index (χ1v) is 10.1. The van der Waals surface area contributed by atoms with Crippen molar-refractivity contribution >= 4 is 11.6 Å². The number of hydrogen-bond donors (Lipinski definition) is 0. The molecule has 0 saturated carbocycles. The summed E-state index contributed by atoms with van der Waals surface area (Å²) in [6.45, 7) is 10.1. The lowest BCUT2D eigenvalue weighted by Crippen LogP contribution is -2.48. The number of benzene rings is 1. The molecule has 0 unspecified atom stereocenters. The van der Waals surface area contributed by atoms with Crippen LogP contribution in [0.25, 0.3) is 5.65 Å². The Bertz CT molecular complexity index is 1050. The lowest BCUT2D eigenvalue weighted by molar-refractivity contribution is 0.0625. The van der Waals surface area contributed by atoms with E-state index in [2.05, 4.69) is 41.5 Å². The fraction of sp³-hybridized carbons (Fsp3) is 0.391. The highest BCUT2D eigenvalue weighted by molar-refractivity contribution is 5.96. The van der Waals surface area contributed by atoms with E-state index in [1.807, 2.05) is 30.0 Å². The standard InChI is InChI=1S/C23H28N4O2/c1-16-8-9-27-20(18(3)24-22(27)14-16)15-25-10-12-26(13-11-25)23(28)19-6-5-7-21(29-4)17(19)2/h5-9,14H,10-13,15H2,1-4H3. The van der Waals surface area contributed by atoms with Crippen molar-refractivity contribution in [3.05, 3.63) is 64.6 Å². The molecule has 1 fully saturated rings. The zero-order valence-electron chi connectivity index (χ0n) is 17.6. The van der Waals surface area contributed by atoms with Gasteiger partial charge in [0.1, 0.15) is 11.4 Å². The van der Waals surface area contributed by atoms with Crippen molar-refractivity contribution in [2.24, 2.45) is 0 Å². The number of amides is 1. The Morgan fingerprint density at radius 2 is 1.86 bits per heavy atom. The zero-order valence-corrected chi connectivity index (χ0v) is 17.6. The summed E-state index contributed by atoms with van der Waals surface area (Å²) in [7, 11) is 1.64. The lowest BCUT2D eigenvalue weighted by Gasteiger charge is -2.35. The maximum atomic E-state index is 13.0. The molecule has 0 spiro atoms. The number of nitrogens with zero attached hydrogens (tertiary/aromatic N) is 4. The monoisotopic (exact) mass is 392 g/mol. The summed E-state index contributed by atoms with van der Waals surface area (Å²) in [5.74, 6) is 0.843. The molecule has 1 saturated heterocycles. The molecule has 1 aliphatic rings. The van der Waals surface area contributed by atoms with Gasteiger partial charge in [-0.15, -0.1) is 0 Å². The summed E-state index contributed by atoms with van der Waals surface area (Å²) in [5, 5.41) is 0. The van der Waals surface area contributed by atoms with Gasteiger partial charge in [0, 0.05) is 50.0 Å². The minimum absolute atomic E-state index is 0.0857. The molecular weight excluding hydrogens is 364 g/mol. The Kier molecular flexibility index (Phi) is 5.28. The summed E-state index contributed by atoms with van der Waals surface area (Å²) >= 11 is 0. The van der Waals surface area contributed by atoms with Gasteiger partial charge in [0.2, 0.25) is 0 Å². The number of fused-ring (bicyclic) bond motifs is 1. The van der Waals surface area contributed by atoms with Crippen LogP contribution in [-0.4, -0.2) is 58.4 Å². The number of imidazole rings is 1. The lowest BCUT2D eigenvalue weighted by atomic mass is 10.1. The van der Waals surface area contributed by atoms with Crippen LogP contribution in [0.5, 0.6) is 5.75 Å². The highest BCUT2D eigenvalue weighted by Gasteiger charge is 2.25.